The van der Waals surface area contributed by atoms with E-state index in [0.717, 1.165) is 25.1 Å². The van der Waals surface area contributed by atoms with Gasteiger partial charge in [0.05, 0.1) is 18.8 Å². The fourth-order valence-corrected chi connectivity index (χ4v) is 2.47. The van der Waals surface area contributed by atoms with Gasteiger partial charge in [0.2, 0.25) is 5.82 Å². The number of hydrogen-bond donors (Lipinski definition) is 0. The molecule has 0 aliphatic carbocycles. The second-order valence-corrected chi connectivity index (χ2v) is 5.84. The van der Waals surface area contributed by atoms with E-state index in [4.69, 9.17) is 9.26 Å². The number of aryl methyl sites for hydroxylation is 1. The number of rotatable bonds is 3. The quantitative estimate of drug-likeness (QED) is 0.868. The van der Waals surface area contributed by atoms with E-state index < -0.39 is 0 Å². The third-order valence-corrected chi connectivity index (χ3v) is 4.08. The number of hydrogen-bond acceptors (Lipinski definition) is 5. The average Bonchev–Trinajstić information content (AvgIpc) is 2.98. The minimum atomic E-state index is -0.142. The van der Waals surface area contributed by atoms with Crippen LogP contribution >= 0.6 is 0 Å². The van der Waals surface area contributed by atoms with E-state index in [1.54, 1.807) is 0 Å². The molecule has 1 fully saturated rings. The van der Waals surface area contributed by atoms with E-state index in [-0.39, 0.29) is 5.60 Å². The molecule has 21 heavy (non-hydrogen) atoms. The third kappa shape index (κ3) is 2.93. The van der Waals surface area contributed by atoms with Crippen molar-refractivity contribution in [2.75, 3.05) is 24.6 Å². The van der Waals surface area contributed by atoms with Gasteiger partial charge in [0.25, 0.3) is 0 Å². The van der Waals surface area contributed by atoms with Crippen LogP contribution in [0.15, 0.2) is 28.8 Å². The summed E-state index contributed by atoms with van der Waals surface area (Å²) in [4.78, 5) is 6.64. The van der Waals surface area contributed by atoms with Gasteiger partial charge >= 0.3 is 6.01 Å². The van der Waals surface area contributed by atoms with Crippen LogP contribution in [-0.4, -0.2) is 35.4 Å². The molecule has 0 radical (unpaired) electrons. The van der Waals surface area contributed by atoms with Crippen LogP contribution in [0.25, 0.3) is 11.4 Å². The average molecular weight is 287 g/mol. The van der Waals surface area contributed by atoms with E-state index in [1.165, 1.54) is 5.56 Å². The zero-order valence-electron chi connectivity index (χ0n) is 12.8. The molecule has 112 valence electrons. The highest BCUT2D eigenvalue weighted by atomic mass is 16.5. The zero-order valence-corrected chi connectivity index (χ0v) is 12.8. The van der Waals surface area contributed by atoms with E-state index in [0.29, 0.717) is 18.4 Å². The summed E-state index contributed by atoms with van der Waals surface area (Å²) in [6.45, 7) is 8.56. The van der Waals surface area contributed by atoms with Crippen molar-refractivity contribution in [3.63, 3.8) is 0 Å². The van der Waals surface area contributed by atoms with Gasteiger partial charge in [-0.3, -0.25) is 0 Å². The van der Waals surface area contributed by atoms with Gasteiger partial charge < -0.3 is 14.2 Å². The second kappa shape index (κ2) is 5.48. The largest absolute Gasteiger partial charge is 0.372 e. The van der Waals surface area contributed by atoms with Crippen molar-refractivity contribution in [3.05, 3.63) is 29.8 Å². The van der Waals surface area contributed by atoms with Crippen LogP contribution in [0.2, 0.25) is 0 Å². The van der Waals surface area contributed by atoms with Gasteiger partial charge in [-0.15, -0.1) is 0 Å². The van der Waals surface area contributed by atoms with Crippen molar-refractivity contribution in [2.24, 2.45) is 0 Å². The number of morpholine rings is 1. The van der Waals surface area contributed by atoms with Crippen molar-refractivity contribution in [1.82, 2.24) is 10.1 Å². The minimum Gasteiger partial charge on any atom is -0.372 e. The Labute approximate surface area is 124 Å². The molecule has 5 heteroatoms. The number of ether oxygens (including phenoxy) is 1. The molecule has 1 aromatic heterocycles. The fourth-order valence-electron chi connectivity index (χ4n) is 2.47. The summed E-state index contributed by atoms with van der Waals surface area (Å²) in [6.07, 6.45) is 0.961. The molecule has 1 unspecified atom stereocenters. The van der Waals surface area contributed by atoms with Crippen molar-refractivity contribution in [2.45, 2.75) is 32.8 Å². The monoisotopic (exact) mass is 287 g/mol. The van der Waals surface area contributed by atoms with Crippen LogP contribution in [0.1, 0.15) is 25.8 Å². The van der Waals surface area contributed by atoms with Gasteiger partial charge in [-0.05, 0) is 20.3 Å². The van der Waals surface area contributed by atoms with Gasteiger partial charge in [0, 0.05) is 12.1 Å². The number of nitrogens with zero attached hydrogens (tertiary/aromatic N) is 3. The maximum Gasteiger partial charge on any atom is 0.324 e. The van der Waals surface area contributed by atoms with Crippen molar-refractivity contribution in [3.8, 4) is 11.4 Å². The summed E-state index contributed by atoms with van der Waals surface area (Å²) in [5.41, 5.74) is 2.05. The Morgan fingerprint density at radius 2 is 2.05 bits per heavy atom. The summed E-state index contributed by atoms with van der Waals surface area (Å²) < 4.78 is 11.3. The van der Waals surface area contributed by atoms with Crippen LogP contribution in [0.3, 0.4) is 0 Å². The fraction of sp³-hybridized carbons (Fsp3) is 0.500. The van der Waals surface area contributed by atoms with E-state index >= 15 is 0 Å². The highest BCUT2D eigenvalue weighted by molar-refractivity contribution is 5.56. The molecule has 1 aliphatic heterocycles. The van der Waals surface area contributed by atoms with Gasteiger partial charge in [-0.25, -0.2) is 0 Å². The molecule has 0 saturated carbocycles. The molecule has 1 aliphatic rings. The normalized spacial score (nSPS) is 22.5. The highest BCUT2D eigenvalue weighted by Gasteiger charge is 2.32. The first-order valence-electron chi connectivity index (χ1n) is 7.39. The molecule has 5 nitrogen and oxygen atoms in total. The molecular formula is C16H21N3O2. The lowest BCUT2D eigenvalue weighted by Crippen LogP contribution is -2.50. The minimum absolute atomic E-state index is 0.142. The summed E-state index contributed by atoms with van der Waals surface area (Å²) in [6, 6.07) is 8.70. The molecule has 0 N–H and O–H groups in total. The summed E-state index contributed by atoms with van der Waals surface area (Å²) in [7, 11) is 0. The molecule has 0 bridgehead atoms. The second-order valence-electron chi connectivity index (χ2n) is 5.84. The zero-order chi connectivity index (χ0) is 14.9. The number of anilines is 1. The lowest BCUT2D eigenvalue weighted by Gasteiger charge is -2.38. The molecule has 1 atom stereocenters. The number of benzene rings is 1. The van der Waals surface area contributed by atoms with Gasteiger partial charge in [-0.1, -0.05) is 41.9 Å². The Hall–Kier alpha value is -1.88. The standard InChI is InChI=1S/C16H21N3O2/c1-4-16(3)11-19(9-10-20-16)15-17-14(18-21-15)13-7-5-12(2)6-8-13/h5-8H,4,9-11H2,1-3H3. The lowest BCUT2D eigenvalue weighted by atomic mass is 10.0. The van der Waals surface area contributed by atoms with Crippen molar-refractivity contribution >= 4 is 6.01 Å². The Morgan fingerprint density at radius 1 is 1.29 bits per heavy atom. The Bertz CT molecular complexity index is 608. The summed E-state index contributed by atoms with van der Waals surface area (Å²) >= 11 is 0. The maximum atomic E-state index is 5.84. The predicted molar refractivity (Wildman–Crippen MR) is 81.3 cm³/mol. The highest BCUT2D eigenvalue weighted by Crippen LogP contribution is 2.26. The summed E-state index contributed by atoms with van der Waals surface area (Å²) in [5.74, 6) is 0.634. The molecule has 1 saturated heterocycles. The van der Waals surface area contributed by atoms with Crippen LogP contribution in [0.5, 0.6) is 0 Å². The van der Waals surface area contributed by atoms with Gasteiger partial charge in [0.1, 0.15) is 0 Å². The molecule has 2 aromatic rings. The third-order valence-electron chi connectivity index (χ3n) is 4.08. The first-order valence-corrected chi connectivity index (χ1v) is 7.39. The molecule has 2 heterocycles. The van der Waals surface area contributed by atoms with Gasteiger partial charge in [0.15, 0.2) is 0 Å². The van der Waals surface area contributed by atoms with Crippen LogP contribution in [-0.2, 0) is 4.74 Å². The Kier molecular flexibility index (Phi) is 3.68. The first kappa shape index (κ1) is 14.1. The Morgan fingerprint density at radius 3 is 2.76 bits per heavy atom. The molecule has 0 amide bonds. The van der Waals surface area contributed by atoms with Crippen molar-refractivity contribution < 1.29 is 9.26 Å². The molecule has 1 aromatic carbocycles. The summed E-state index contributed by atoms with van der Waals surface area (Å²) in [5, 5.41) is 4.10. The smallest absolute Gasteiger partial charge is 0.324 e. The first-order chi connectivity index (χ1) is 10.1. The SMILES string of the molecule is CCC1(C)CN(c2nc(-c3ccc(C)cc3)no2)CCO1. The van der Waals surface area contributed by atoms with E-state index in [2.05, 4.69) is 35.8 Å². The van der Waals surface area contributed by atoms with E-state index in [9.17, 15) is 0 Å². The van der Waals surface area contributed by atoms with Gasteiger partial charge in [-0.2, -0.15) is 4.98 Å². The molecule has 0 spiro atoms. The van der Waals surface area contributed by atoms with Crippen molar-refractivity contribution in [1.29, 1.82) is 0 Å². The molecule has 3 rings (SSSR count). The predicted octanol–water partition coefficient (Wildman–Crippen LogP) is 3.05. The van der Waals surface area contributed by atoms with E-state index in [1.807, 2.05) is 24.3 Å². The topological polar surface area (TPSA) is 51.4 Å². The maximum absolute atomic E-state index is 5.84. The van der Waals surface area contributed by atoms with Crippen LogP contribution < -0.4 is 4.90 Å². The number of aromatic nitrogens is 2. The lowest BCUT2D eigenvalue weighted by molar-refractivity contribution is -0.0455. The molecular weight excluding hydrogens is 266 g/mol. The Balaban J connectivity index is 1.80. The van der Waals surface area contributed by atoms with Crippen LogP contribution in [0, 0.1) is 6.92 Å². The van der Waals surface area contributed by atoms with Crippen LogP contribution in [0.4, 0.5) is 6.01 Å².